The van der Waals surface area contributed by atoms with Crippen LogP contribution in [0.3, 0.4) is 0 Å². The maximum Gasteiger partial charge on any atom is 0.414 e. The number of anilines is 2. The summed E-state index contributed by atoms with van der Waals surface area (Å²) in [7, 11) is 1.40. The normalized spacial score (nSPS) is 26.3. The van der Waals surface area contributed by atoms with Gasteiger partial charge in [-0.25, -0.2) is 14.6 Å². The second kappa shape index (κ2) is 11.4. The van der Waals surface area contributed by atoms with Gasteiger partial charge in [-0.2, -0.15) is 0 Å². The van der Waals surface area contributed by atoms with Crippen molar-refractivity contribution in [2.45, 2.75) is 102 Å². The van der Waals surface area contributed by atoms with Gasteiger partial charge in [-0.05, 0) is 51.3 Å². The molecule has 0 bridgehead atoms. The average Bonchev–Trinajstić information content (AvgIpc) is 3.26. The molecule has 2 atom stereocenters. The summed E-state index contributed by atoms with van der Waals surface area (Å²) in [6.45, 7) is 8.92. The van der Waals surface area contributed by atoms with Gasteiger partial charge in [0.15, 0.2) is 0 Å². The molecule has 3 heterocycles. The Bertz CT molecular complexity index is 1000. The predicted molar refractivity (Wildman–Crippen MR) is 149 cm³/mol. The molecule has 9 heteroatoms. The van der Waals surface area contributed by atoms with Crippen molar-refractivity contribution >= 4 is 23.6 Å². The molecule has 5 rings (SSSR count). The van der Waals surface area contributed by atoms with Gasteiger partial charge in [0.2, 0.25) is 0 Å². The number of ether oxygens (including phenoxy) is 2. The molecule has 1 spiro atoms. The molecule has 3 aliphatic heterocycles. The fraction of sp³-hybridized carbons (Fsp3) is 0.724. The van der Waals surface area contributed by atoms with Crippen LogP contribution in [0.15, 0.2) is 18.2 Å². The van der Waals surface area contributed by atoms with E-state index >= 15 is 0 Å². The zero-order valence-electron chi connectivity index (χ0n) is 23.5. The molecule has 1 aromatic carbocycles. The Morgan fingerprint density at radius 1 is 0.974 bits per heavy atom. The highest BCUT2D eigenvalue weighted by Gasteiger charge is 2.52. The Morgan fingerprint density at radius 2 is 1.66 bits per heavy atom. The van der Waals surface area contributed by atoms with E-state index in [9.17, 15) is 9.59 Å². The number of fused-ring (bicyclic) bond motifs is 1. The number of hydrazine groups is 1. The summed E-state index contributed by atoms with van der Waals surface area (Å²) in [6.07, 6.45) is 9.02. The first-order chi connectivity index (χ1) is 18.4. The summed E-state index contributed by atoms with van der Waals surface area (Å²) < 4.78 is 10.8. The molecule has 210 valence electrons. The van der Waals surface area contributed by atoms with Crippen LogP contribution >= 0.6 is 0 Å². The Kier molecular flexibility index (Phi) is 8.16. The number of methoxy groups -OCH3 is 1. The number of nitrogens with zero attached hydrogens (tertiary/aromatic N) is 3. The SMILES string of the molecule is COC(=O)N1c2ccc(C3CNN(C4CNC4)C34CCCCCCCC4)cc2N(C(=O)OC(C)C)C[C@@H]1C. The Balaban J connectivity index is 1.56. The molecular formula is C29H45N5O4. The van der Waals surface area contributed by atoms with Crippen LogP contribution in [0.5, 0.6) is 0 Å². The lowest BCUT2D eigenvalue weighted by atomic mass is 9.73. The second-order valence-electron chi connectivity index (χ2n) is 11.8. The summed E-state index contributed by atoms with van der Waals surface area (Å²) in [4.78, 5) is 29.4. The van der Waals surface area contributed by atoms with Crippen LogP contribution in [-0.4, -0.2) is 74.2 Å². The van der Waals surface area contributed by atoms with Crippen molar-refractivity contribution in [1.29, 1.82) is 0 Å². The topological polar surface area (TPSA) is 86.4 Å². The van der Waals surface area contributed by atoms with Crippen LogP contribution in [0, 0.1) is 0 Å². The van der Waals surface area contributed by atoms with Crippen LogP contribution in [0.25, 0.3) is 0 Å². The van der Waals surface area contributed by atoms with Gasteiger partial charge in [0.1, 0.15) is 0 Å². The highest BCUT2D eigenvalue weighted by molar-refractivity contribution is 6.01. The third-order valence-corrected chi connectivity index (χ3v) is 8.96. The summed E-state index contributed by atoms with van der Waals surface area (Å²) in [6, 6.07) is 6.58. The van der Waals surface area contributed by atoms with Gasteiger partial charge in [0.05, 0.1) is 37.2 Å². The van der Waals surface area contributed by atoms with Crippen molar-refractivity contribution in [3.8, 4) is 0 Å². The summed E-state index contributed by atoms with van der Waals surface area (Å²) in [5.74, 6) is 0.292. The number of hydrogen-bond donors (Lipinski definition) is 2. The number of carbonyl (C=O) groups excluding carboxylic acids is 2. The summed E-state index contributed by atoms with van der Waals surface area (Å²) >= 11 is 0. The molecule has 1 saturated carbocycles. The molecule has 2 N–H and O–H groups in total. The monoisotopic (exact) mass is 527 g/mol. The third kappa shape index (κ3) is 5.00. The number of nitrogens with one attached hydrogen (secondary N) is 2. The van der Waals surface area contributed by atoms with E-state index in [1.54, 1.807) is 9.80 Å². The fourth-order valence-electron chi connectivity index (χ4n) is 7.04. The van der Waals surface area contributed by atoms with Gasteiger partial charge in [0.25, 0.3) is 0 Å². The van der Waals surface area contributed by atoms with E-state index in [-0.39, 0.29) is 23.8 Å². The Labute approximate surface area is 227 Å². The number of benzene rings is 1. The number of hydrogen-bond acceptors (Lipinski definition) is 7. The lowest BCUT2D eigenvalue weighted by Gasteiger charge is -2.49. The molecule has 0 radical (unpaired) electrons. The first kappa shape index (κ1) is 27.2. The summed E-state index contributed by atoms with van der Waals surface area (Å²) in [5, 5.41) is 6.07. The maximum atomic E-state index is 13.2. The largest absolute Gasteiger partial charge is 0.452 e. The standard InChI is InChI=1S/C29H45N5O4/c1-20(2)38-27(35)32-19-21(3)33(28(36)37-4)25-12-11-22(15-26(25)32)24-18-31-34(23-16-30-17-23)29(24)13-9-7-5-6-8-10-14-29/h11-12,15,20-21,23-24,30-31H,5-10,13-14,16-19H2,1-4H3/t21-,24?/m0/s1. The summed E-state index contributed by atoms with van der Waals surface area (Å²) in [5.41, 5.74) is 6.49. The molecule has 1 aromatic rings. The lowest BCUT2D eigenvalue weighted by molar-refractivity contribution is -0.00238. The highest BCUT2D eigenvalue weighted by Crippen LogP contribution is 2.48. The van der Waals surface area contributed by atoms with Crippen LogP contribution < -0.4 is 20.5 Å². The zero-order chi connectivity index (χ0) is 26.9. The van der Waals surface area contributed by atoms with E-state index in [0.717, 1.165) is 25.3 Å². The minimum absolute atomic E-state index is 0.0403. The minimum atomic E-state index is -0.415. The molecule has 3 fully saturated rings. The van der Waals surface area contributed by atoms with Crippen LogP contribution in [0.2, 0.25) is 0 Å². The van der Waals surface area contributed by atoms with E-state index in [0.29, 0.717) is 24.2 Å². The number of rotatable bonds is 3. The smallest absolute Gasteiger partial charge is 0.414 e. The maximum absolute atomic E-state index is 13.2. The number of amides is 2. The molecule has 2 amide bonds. The predicted octanol–water partition coefficient (Wildman–Crippen LogP) is 4.76. The lowest BCUT2D eigenvalue weighted by Crippen LogP contribution is -2.65. The minimum Gasteiger partial charge on any atom is -0.452 e. The van der Waals surface area contributed by atoms with Crippen LogP contribution in [0.1, 0.15) is 83.6 Å². The molecule has 38 heavy (non-hydrogen) atoms. The zero-order valence-corrected chi connectivity index (χ0v) is 23.5. The van der Waals surface area contributed by atoms with Gasteiger partial charge in [-0.1, -0.05) is 44.6 Å². The fourth-order valence-corrected chi connectivity index (χ4v) is 7.04. The second-order valence-corrected chi connectivity index (χ2v) is 11.8. The van der Waals surface area contributed by atoms with Crippen LogP contribution in [0.4, 0.5) is 21.0 Å². The Morgan fingerprint density at radius 3 is 2.26 bits per heavy atom. The van der Waals surface area contributed by atoms with E-state index in [1.807, 2.05) is 26.8 Å². The van der Waals surface area contributed by atoms with Crippen molar-refractivity contribution in [2.75, 3.05) is 43.1 Å². The van der Waals surface area contributed by atoms with E-state index in [2.05, 4.69) is 27.9 Å². The van der Waals surface area contributed by atoms with E-state index in [4.69, 9.17) is 9.47 Å². The van der Waals surface area contributed by atoms with E-state index < -0.39 is 6.09 Å². The molecular weight excluding hydrogens is 482 g/mol. The van der Waals surface area contributed by atoms with Gasteiger partial charge in [0, 0.05) is 37.1 Å². The third-order valence-electron chi connectivity index (χ3n) is 8.96. The van der Waals surface area contributed by atoms with Crippen molar-refractivity contribution in [3.63, 3.8) is 0 Å². The average molecular weight is 528 g/mol. The quantitative estimate of drug-likeness (QED) is 0.586. The first-order valence-corrected chi connectivity index (χ1v) is 14.6. The first-order valence-electron chi connectivity index (χ1n) is 14.6. The molecule has 2 saturated heterocycles. The number of carbonyl (C=O) groups is 2. The van der Waals surface area contributed by atoms with Gasteiger partial charge >= 0.3 is 12.2 Å². The molecule has 1 unspecified atom stereocenters. The molecule has 1 aliphatic carbocycles. The molecule has 9 nitrogen and oxygen atoms in total. The van der Waals surface area contributed by atoms with Crippen LogP contribution in [-0.2, 0) is 9.47 Å². The van der Waals surface area contributed by atoms with Gasteiger partial charge < -0.3 is 14.8 Å². The highest BCUT2D eigenvalue weighted by atomic mass is 16.6. The van der Waals surface area contributed by atoms with Crippen molar-refractivity contribution in [2.24, 2.45) is 0 Å². The Hall–Kier alpha value is -2.36. The van der Waals surface area contributed by atoms with Crippen molar-refractivity contribution in [1.82, 2.24) is 15.8 Å². The van der Waals surface area contributed by atoms with Crippen molar-refractivity contribution in [3.05, 3.63) is 23.8 Å². The van der Waals surface area contributed by atoms with Gasteiger partial charge in [-0.15, -0.1) is 0 Å². The van der Waals surface area contributed by atoms with E-state index in [1.165, 1.54) is 64.0 Å². The van der Waals surface area contributed by atoms with Crippen molar-refractivity contribution < 1.29 is 19.1 Å². The molecule has 0 aromatic heterocycles. The molecule has 4 aliphatic rings. The van der Waals surface area contributed by atoms with Gasteiger partial charge in [-0.3, -0.25) is 15.2 Å².